The maximum absolute atomic E-state index is 12.9. The van der Waals surface area contributed by atoms with E-state index in [-0.39, 0.29) is 29.9 Å². The minimum Gasteiger partial charge on any atom is -0.325 e. The van der Waals surface area contributed by atoms with Gasteiger partial charge in [0.25, 0.3) is 0 Å². The third kappa shape index (κ3) is 3.01. The smallest absolute Gasteiger partial charge is 0.244 e. The molecular weight excluding hydrogens is 356 g/mol. The second kappa shape index (κ2) is 7.23. The first-order valence-corrected chi connectivity index (χ1v) is 9.54. The molecule has 2 bridgehead atoms. The van der Waals surface area contributed by atoms with Gasteiger partial charge in [-0.1, -0.05) is 12.1 Å². The van der Waals surface area contributed by atoms with Crippen molar-refractivity contribution in [1.82, 2.24) is 9.80 Å². The van der Waals surface area contributed by atoms with Gasteiger partial charge in [0.2, 0.25) is 11.8 Å². The lowest BCUT2D eigenvalue weighted by Gasteiger charge is -2.35. The lowest BCUT2D eigenvalue weighted by molar-refractivity contribution is -0.134. The van der Waals surface area contributed by atoms with Gasteiger partial charge in [0.05, 0.1) is 30.8 Å². The number of hydrogen-bond acceptors (Lipinski definition) is 5. The number of anilines is 1. The van der Waals surface area contributed by atoms with Gasteiger partial charge in [-0.25, -0.2) is 4.85 Å². The summed E-state index contributed by atoms with van der Waals surface area (Å²) in [5, 5.41) is 9.18. The SMILES string of the molecule is [C-]#[N+]c1ccc(N2C(=O)[C@H]3C[C@@H]2CN3C[C@H](N)C(=O)N2CCC[C@H]2C#N)cc1. The molecule has 3 saturated heterocycles. The predicted octanol–water partition coefficient (Wildman–Crippen LogP) is 0.869. The molecule has 3 aliphatic heterocycles. The van der Waals surface area contributed by atoms with Crippen LogP contribution in [0.4, 0.5) is 11.4 Å². The Balaban J connectivity index is 1.40. The van der Waals surface area contributed by atoms with Crippen LogP contribution in [0.2, 0.25) is 0 Å². The minimum atomic E-state index is -0.729. The number of benzene rings is 1. The Labute approximate surface area is 163 Å². The highest BCUT2D eigenvalue weighted by Crippen LogP contribution is 2.36. The van der Waals surface area contributed by atoms with Crippen molar-refractivity contribution >= 4 is 23.2 Å². The summed E-state index contributed by atoms with van der Waals surface area (Å²) in [6.45, 7) is 8.60. The molecule has 4 atom stereocenters. The predicted molar refractivity (Wildman–Crippen MR) is 102 cm³/mol. The van der Waals surface area contributed by atoms with Crippen LogP contribution in [0.5, 0.6) is 0 Å². The summed E-state index contributed by atoms with van der Waals surface area (Å²) in [7, 11) is 0. The Morgan fingerprint density at radius 1 is 1.39 bits per heavy atom. The molecular formula is C20H22N6O2. The third-order valence-electron chi connectivity index (χ3n) is 5.96. The van der Waals surface area contributed by atoms with E-state index in [0.717, 1.165) is 18.5 Å². The lowest BCUT2D eigenvalue weighted by Crippen LogP contribution is -2.56. The molecule has 3 aliphatic rings. The molecule has 8 heteroatoms. The Morgan fingerprint density at radius 2 is 2.14 bits per heavy atom. The van der Waals surface area contributed by atoms with Crippen LogP contribution in [0.15, 0.2) is 24.3 Å². The quantitative estimate of drug-likeness (QED) is 0.784. The molecule has 3 fully saturated rings. The first-order valence-electron chi connectivity index (χ1n) is 9.54. The summed E-state index contributed by atoms with van der Waals surface area (Å²) in [5.41, 5.74) is 7.50. The van der Waals surface area contributed by atoms with E-state index >= 15 is 0 Å². The molecule has 0 spiro atoms. The highest BCUT2D eigenvalue weighted by Gasteiger charge is 2.50. The largest absolute Gasteiger partial charge is 0.325 e. The lowest BCUT2D eigenvalue weighted by atomic mass is 10.1. The van der Waals surface area contributed by atoms with E-state index in [4.69, 9.17) is 12.3 Å². The number of nitriles is 1. The van der Waals surface area contributed by atoms with Crippen molar-refractivity contribution in [2.45, 2.75) is 43.4 Å². The van der Waals surface area contributed by atoms with Crippen molar-refractivity contribution in [3.63, 3.8) is 0 Å². The van der Waals surface area contributed by atoms with Gasteiger partial charge in [-0.2, -0.15) is 5.26 Å². The molecule has 4 rings (SSSR count). The maximum atomic E-state index is 12.9. The van der Waals surface area contributed by atoms with Crippen molar-refractivity contribution in [2.24, 2.45) is 5.73 Å². The van der Waals surface area contributed by atoms with Gasteiger partial charge >= 0.3 is 0 Å². The molecule has 3 heterocycles. The fourth-order valence-electron chi connectivity index (χ4n) is 4.60. The fourth-order valence-corrected chi connectivity index (χ4v) is 4.60. The molecule has 1 aromatic carbocycles. The number of likely N-dealkylation sites (tertiary alicyclic amines) is 2. The van der Waals surface area contributed by atoms with Gasteiger partial charge in [-0.05, 0) is 31.4 Å². The van der Waals surface area contributed by atoms with Crippen LogP contribution < -0.4 is 10.6 Å². The number of hydrogen-bond donors (Lipinski definition) is 1. The van der Waals surface area contributed by atoms with Crippen LogP contribution in [-0.2, 0) is 9.59 Å². The van der Waals surface area contributed by atoms with Crippen LogP contribution in [0, 0.1) is 17.9 Å². The Hall–Kier alpha value is -2.94. The van der Waals surface area contributed by atoms with Crippen molar-refractivity contribution in [3.05, 3.63) is 35.7 Å². The highest BCUT2D eigenvalue weighted by molar-refractivity contribution is 6.01. The van der Waals surface area contributed by atoms with E-state index < -0.39 is 6.04 Å². The van der Waals surface area contributed by atoms with E-state index in [2.05, 4.69) is 10.9 Å². The van der Waals surface area contributed by atoms with Crippen molar-refractivity contribution < 1.29 is 9.59 Å². The van der Waals surface area contributed by atoms with E-state index in [1.54, 1.807) is 34.1 Å². The fraction of sp³-hybridized carbons (Fsp3) is 0.500. The van der Waals surface area contributed by atoms with E-state index in [1.807, 2.05) is 4.90 Å². The summed E-state index contributed by atoms with van der Waals surface area (Å²) in [5.74, 6) is -0.187. The standard InChI is InChI=1S/C20H22N6O2/c1-23-13-4-6-14(7-5-13)26-16-9-18(20(26)28)24(11-16)12-17(22)19(27)25-8-2-3-15(25)10-21/h4-7,15-18H,2-3,8-9,11-12,22H2/t15-,16+,17-,18+/m0/s1. The molecule has 0 unspecified atom stereocenters. The highest BCUT2D eigenvalue weighted by atomic mass is 16.2. The van der Waals surface area contributed by atoms with E-state index in [1.165, 1.54) is 0 Å². The molecule has 28 heavy (non-hydrogen) atoms. The average Bonchev–Trinajstić information content (AvgIpc) is 3.41. The number of nitrogens with zero attached hydrogens (tertiary/aromatic N) is 5. The average molecular weight is 378 g/mol. The number of rotatable bonds is 4. The summed E-state index contributed by atoms with van der Waals surface area (Å²) in [4.78, 5) is 34.3. The van der Waals surface area contributed by atoms with Gasteiger partial charge in [0.15, 0.2) is 5.69 Å². The monoisotopic (exact) mass is 378 g/mol. The summed E-state index contributed by atoms with van der Waals surface area (Å²) in [6.07, 6.45) is 2.24. The van der Waals surface area contributed by atoms with Gasteiger partial charge in [-0.15, -0.1) is 0 Å². The van der Waals surface area contributed by atoms with E-state index in [0.29, 0.717) is 31.7 Å². The number of carbonyl (C=O) groups excluding carboxylic acids is 2. The summed E-state index contributed by atoms with van der Waals surface area (Å²) >= 11 is 0. The Kier molecular flexibility index (Phi) is 4.76. The zero-order chi connectivity index (χ0) is 19.8. The molecule has 0 radical (unpaired) electrons. The van der Waals surface area contributed by atoms with Crippen LogP contribution in [0.3, 0.4) is 0 Å². The Morgan fingerprint density at radius 3 is 2.79 bits per heavy atom. The number of amides is 2. The number of fused-ring (bicyclic) bond motifs is 2. The van der Waals surface area contributed by atoms with Crippen molar-refractivity contribution in [2.75, 3.05) is 24.5 Å². The molecule has 0 saturated carbocycles. The van der Waals surface area contributed by atoms with E-state index in [9.17, 15) is 14.9 Å². The molecule has 144 valence electrons. The first kappa shape index (κ1) is 18.4. The van der Waals surface area contributed by atoms with Crippen molar-refractivity contribution in [1.29, 1.82) is 5.26 Å². The normalized spacial score (nSPS) is 27.7. The van der Waals surface area contributed by atoms with Crippen LogP contribution in [0.1, 0.15) is 19.3 Å². The second-order valence-corrected chi connectivity index (χ2v) is 7.62. The van der Waals surface area contributed by atoms with Crippen LogP contribution in [0.25, 0.3) is 4.85 Å². The number of carbonyl (C=O) groups is 2. The molecule has 2 amide bonds. The topological polar surface area (TPSA) is 98.0 Å². The third-order valence-corrected chi connectivity index (χ3v) is 5.96. The van der Waals surface area contributed by atoms with Crippen LogP contribution in [-0.4, -0.2) is 65.4 Å². The first-order chi connectivity index (χ1) is 13.5. The molecule has 1 aromatic rings. The number of nitrogens with two attached hydrogens (primary N) is 1. The molecule has 0 aromatic heterocycles. The van der Waals surface area contributed by atoms with Gasteiger partial charge in [0.1, 0.15) is 6.04 Å². The van der Waals surface area contributed by atoms with Gasteiger partial charge < -0.3 is 15.5 Å². The molecule has 0 aliphatic carbocycles. The Bertz CT molecular complexity index is 870. The molecule has 8 nitrogen and oxygen atoms in total. The zero-order valence-corrected chi connectivity index (χ0v) is 15.5. The summed E-state index contributed by atoms with van der Waals surface area (Å²) < 4.78 is 0. The van der Waals surface area contributed by atoms with Crippen molar-refractivity contribution in [3.8, 4) is 6.07 Å². The molecule has 2 N–H and O–H groups in total. The zero-order valence-electron chi connectivity index (χ0n) is 15.5. The minimum absolute atomic E-state index is 0.0162. The van der Waals surface area contributed by atoms with Gasteiger partial charge in [0, 0.05) is 25.3 Å². The van der Waals surface area contributed by atoms with Crippen LogP contribution >= 0.6 is 0 Å². The maximum Gasteiger partial charge on any atom is 0.244 e. The van der Waals surface area contributed by atoms with Gasteiger partial charge in [-0.3, -0.25) is 14.5 Å². The second-order valence-electron chi connectivity index (χ2n) is 7.62. The summed E-state index contributed by atoms with van der Waals surface area (Å²) in [6, 6.07) is 7.89. The number of piperazine rings is 1.